The number of nitrogens with zero attached hydrogens (tertiary/aromatic N) is 2. The lowest BCUT2D eigenvalue weighted by atomic mass is 9.49. The van der Waals surface area contributed by atoms with Crippen molar-refractivity contribution in [3.8, 4) is 0 Å². The molecule has 40 heavy (non-hydrogen) atoms. The molecule has 1 heterocycles. The number of para-hydroxylation sites is 4. The Kier molecular flexibility index (Phi) is 6.10. The molecule has 2 N–H and O–H groups in total. The molecule has 4 saturated carbocycles. The third-order valence-corrected chi connectivity index (χ3v) is 9.37. The number of fused-ring (bicyclic) bond motifs is 1. The first kappa shape index (κ1) is 24.9. The van der Waals surface area contributed by atoms with Gasteiger partial charge in [0, 0.05) is 17.9 Å². The molecule has 1 atom stereocenters. The summed E-state index contributed by atoms with van der Waals surface area (Å²) in [5.74, 6) is 1.35. The molecule has 0 spiro atoms. The molecule has 0 unspecified atom stereocenters. The number of rotatable bonds is 5. The van der Waals surface area contributed by atoms with Crippen LogP contribution in [0.5, 0.6) is 0 Å². The smallest absolute Gasteiger partial charge is 0.318 e. The molecule has 3 aromatic rings. The lowest BCUT2D eigenvalue weighted by Crippen LogP contribution is -2.58. The summed E-state index contributed by atoms with van der Waals surface area (Å²) in [6, 6.07) is 24.1. The third-order valence-electron chi connectivity index (χ3n) is 9.37. The van der Waals surface area contributed by atoms with E-state index in [-0.39, 0.29) is 11.3 Å². The van der Waals surface area contributed by atoms with Gasteiger partial charge in [-0.15, -0.1) is 0 Å². The van der Waals surface area contributed by atoms with Gasteiger partial charge in [-0.3, -0.25) is 14.5 Å². The van der Waals surface area contributed by atoms with Crippen molar-refractivity contribution in [3.05, 3.63) is 84.9 Å². The van der Waals surface area contributed by atoms with Gasteiger partial charge in [0.15, 0.2) is 6.04 Å². The first-order valence-corrected chi connectivity index (χ1v) is 14.4. The number of urea groups is 1. The number of anilines is 4. The van der Waals surface area contributed by atoms with Gasteiger partial charge in [0.25, 0.3) is 11.8 Å². The zero-order valence-corrected chi connectivity index (χ0v) is 22.5. The van der Waals surface area contributed by atoms with Crippen LogP contribution in [0.25, 0.3) is 0 Å². The van der Waals surface area contributed by atoms with Gasteiger partial charge in [-0.05, 0) is 98.1 Å². The van der Waals surface area contributed by atoms with E-state index in [1.165, 1.54) is 19.3 Å². The molecular formula is C33H34N4O3. The van der Waals surface area contributed by atoms with Gasteiger partial charge in [-0.2, -0.15) is 0 Å². The SMILES string of the molecule is O=C(Nc1ccccc1)N[C@H]1C(=O)N(CC23CC4CC(CC(C4)C2)C3)c2ccccc2N(c2ccccc2)C1=O. The summed E-state index contributed by atoms with van der Waals surface area (Å²) in [5.41, 5.74) is 2.67. The molecular weight excluding hydrogens is 500 g/mol. The van der Waals surface area contributed by atoms with Crippen LogP contribution in [0.2, 0.25) is 0 Å². The van der Waals surface area contributed by atoms with E-state index in [0.29, 0.717) is 29.3 Å². The van der Waals surface area contributed by atoms with Crippen LogP contribution in [0.3, 0.4) is 0 Å². The normalized spacial score (nSPS) is 28.7. The molecule has 204 valence electrons. The Labute approximate surface area is 234 Å². The van der Waals surface area contributed by atoms with Crippen LogP contribution >= 0.6 is 0 Å². The van der Waals surface area contributed by atoms with E-state index in [1.54, 1.807) is 17.0 Å². The Morgan fingerprint density at radius 2 is 1.27 bits per heavy atom. The molecule has 4 fully saturated rings. The molecule has 0 saturated heterocycles. The Balaban J connectivity index is 1.28. The maximum Gasteiger partial charge on any atom is 0.320 e. The van der Waals surface area contributed by atoms with Gasteiger partial charge in [0.2, 0.25) is 0 Å². The van der Waals surface area contributed by atoms with E-state index in [4.69, 9.17) is 0 Å². The average Bonchev–Trinajstić information content (AvgIpc) is 3.02. The van der Waals surface area contributed by atoms with Crippen molar-refractivity contribution < 1.29 is 14.4 Å². The predicted molar refractivity (Wildman–Crippen MR) is 155 cm³/mol. The van der Waals surface area contributed by atoms with Crippen molar-refractivity contribution in [2.45, 2.75) is 44.6 Å². The molecule has 5 aliphatic rings. The second kappa shape index (κ2) is 9.81. The highest BCUT2D eigenvalue weighted by atomic mass is 16.2. The van der Waals surface area contributed by atoms with Crippen LogP contribution in [0.4, 0.5) is 27.5 Å². The average molecular weight is 535 g/mol. The molecule has 4 aliphatic carbocycles. The molecule has 1 aliphatic heterocycles. The number of carbonyl (C=O) groups is 3. The van der Waals surface area contributed by atoms with Crippen LogP contribution in [-0.4, -0.2) is 30.4 Å². The zero-order valence-electron chi connectivity index (χ0n) is 22.5. The molecule has 4 bridgehead atoms. The topological polar surface area (TPSA) is 81.8 Å². The van der Waals surface area contributed by atoms with E-state index in [9.17, 15) is 14.4 Å². The lowest BCUT2D eigenvalue weighted by molar-refractivity contribution is -0.129. The maximum atomic E-state index is 14.4. The summed E-state index contributed by atoms with van der Waals surface area (Å²) >= 11 is 0. The van der Waals surface area contributed by atoms with E-state index in [1.807, 2.05) is 77.7 Å². The van der Waals surface area contributed by atoms with Gasteiger partial charge in [-0.25, -0.2) is 4.79 Å². The number of benzene rings is 3. The first-order chi connectivity index (χ1) is 19.5. The highest BCUT2D eigenvalue weighted by Crippen LogP contribution is 2.60. The van der Waals surface area contributed by atoms with Gasteiger partial charge in [0.1, 0.15) is 0 Å². The first-order valence-electron chi connectivity index (χ1n) is 14.4. The van der Waals surface area contributed by atoms with Crippen molar-refractivity contribution in [1.29, 1.82) is 0 Å². The van der Waals surface area contributed by atoms with Crippen molar-refractivity contribution in [3.63, 3.8) is 0 Å². The van der Waals surface area contributed by atoms with Crippen molar-refractivity contribution in [2.75, 3.05) is 21.7 Å². The number of carbonyl (C=O) groups excluding carboxylic acids is 3. The number of hydrogen-bond acceptors (Lipinski definition) is 3. The fourth-order valence-electron chi connectivity index (χ4n) is 8.28. The monoisotopic (exact) mass is 534 g/mol. The van der Waals surface area contributed by atoms with Crippen molar-refractivity contribution in [1.82, 2.24) is 5.32 Å². The van der Waals surface area contributed by atoms with Crippen LogP contribution < -0.4 is 20.4 Å². The maximum absolute atomic E-state index is 14.4. The summed E-state index contributed by atoms with van der Waals surface area (Å²) in [7, 11) is 0. The molecule has 0 aromatic heterocycles. The number of hydrogen-bond donors (Lipinski definition) is 2. The lowest BCUT2D eigenvalue weighted by Gasteiger charge is -2.57. The predicted octanol–water partition coefficient (Wildman–Crippen LogP) is 6.10. The standard InChI is InChI=1S/C33H34N4O3/c38-30-29(35-32(40)34-25-9-3-1-4-10-25)31(39)37(26-11-5-2-6-12-26)28-14-8-7-13-27(28)36(30)21-33-18-22-15-23(19-33)17-24(16-22)20-33/h1-14,22-24,29H,15-21H2,(H2,34,35,40)/t22?,23?,24?,29-,33?/m0/s1. The van der Waals surface area contributed by atoms with Crippen LogP contribution in [0.1, 0.15) is 38.5 Å². The Morgan fingerprint density at radius 3 is 1.90 bits per heavy atom. The van der Waals surface area contributed by atoms with E-state index in [0.717, 1.165) is 37.0 Å². The Bertz CT molecular complexity index is 1410. The van der Waals surface area contributed by atoms with Crippen LogP contribution in [-0.2, 0) is 9.59 Å². The van der Waals surface area contributed by atoms with Gasteiger partial charge in [0.05, 0.1) is 11.4 Å². The zero-order chi connectivity index (χ0) is 27.3. The molecule has 3 aromatic carbocycles. The number of nitrogens with one attached hydrogen (secondary N) is 2. The third kappa shape index (κ3) is 4.43. The van der Waals surface area contributed by atoms with E-state index in [2.05, 4.69) is 10.6 Å². The summed E-state index contributed by atoms with van der Waals surface area (Å²) in [5, 5.41) is 5.52. The minimum atomic E-state index is -1.37. The molecule has 7 heteroatoms. The molecule has 7 nitrogen and oxygen atoms in total. The largest absolute Gasteiger partial charge is 0.320 e. The fraction of sp³-hybridized carbons (Fsp3) is 0.364. The summed E-state index contributed by atoms with van der Waals surface area (Å²) in [4.78, 5) is 45.2. The minimum absolute atomic E-state index is 0.0549. The molecule has 8 rings (SSSR count). The van der Waals surface area contributed by atoms with Gasteiger partial charge < -0.3 is 15.5 Å². The summed E-state index contributed by atoms with van der Waals surface area (Å²) in [6.45, 7) is 0.570. The Hall–Kier alpha value is -4.13. The molecule has 0 radical (unpaired) electrons. The summed E-state index contributed by atoms with van der Waals surface area (Å²) < 4.78 is 0. The van der Waals surface area contributed by atoms with Gasteiger partial charge in [-0.1, -0.05) is 48.5 Å². The quantitative estimate of drug-likeness (QED) is 0.388. The highest BCUT2D eigenvalue weighted by molar-refractivity contribution is 6.24. The minimum Gasteiger partial charge on any atom is -0.318 e. The van der Waals surface area contributed by atoms with Gasteiger partial charge >= 0.3 is 6.03 Å². The number of amides is 4. The van der Waals surface area contributed by atoms with Crippen molar-refractivity contribution >= 4 is 40.6 Å². The van der Waals surface area contributed by atoms with E-state index >= 15 is 0 Å². The second-order valence-electron chi connectivity index (χ2n) is 12.2. The van der Waals surface area contributed by atoms with E-state index < -0.39 is 18.0 Å². The fourth-order valence-corrected chi connectivity index (χ4v) is 8.28. The highest BCUT2D eigenvalue weighted by Gasteiger charge is 2.53. The molecule has 4 amide bonds. The second-order valence-corrected chi connectivity index (χ2v) is 12.2. The van der Waals surface area contributed by atoms with Crippen molar-refractivity contribution in [2.24, 2.45) is 23.2 Å². The summed E-state index contributed by atoms with van der Waals surface area (Å²) in [6.07, 6.45) is 7.34. The van der Waals surface area contributed by atoms with Crippen LogP contribution in [0, 0.1) is 23.2 Å². The Morgan fingerprint density at radius 1 is 0.725 bits per heavy atom. The van der Waals surface area contributed by atoms with Crippen LogP contribution in [0.15, 0.2) is 84.9 Å².